The molecule has 1 aromatic rings. The van der Waals surface area contributed by atoms with Crippen molar-refractivity contribution in [1.82, 2.24) is 10.4 Å². The Morgan fingerprint density at radius 3 is 2.45 bits per heavy atom. The molecule has 0 aliphatic rings. The van der Waals surface area contributed by atoms with Gasteiger partial charge in [-0.3, -0.25) is 19.9 Å². The number of methoxy groups -OCH3 is 1. The van der Waals surface area contributed by atoms with Gasteiger partial charge in [0.05, 0.1) is 26.8 Å². The fourth-order valence-electron chi connectivity index (χ4n) is 1.84. The Balaban J connectivity index is 2.81. The summed E-state index contributed by atoms with van der Waals surface area (Å²) in [5, 5.41) is 21.2. The first kappa shape index (κ1) is 18.6. The molecule has 0 spiro atoms. The van der Waals surface area contributed by atoms with Crippen LogP contribution in [0.1, 0.15) is 17.8 Å². The topological polar surface area (TPSA) is 119 Å². The van der Waals surface area contributed by atoms with Crippen molar-refractivity contribution >= 4 is 13.3 Å². The smallest absolute Gasteiger partial charge is 0.249 e. The minimum Gasteiger partial charge on any atom is -0.497 e. The zero-order valence-electron chi connectivity index (χ0n) is 12.5. The van der Waals surface area contributed by atoms with Crippen molar-refractivity contribution in [2.45, 2.75) is 12.2 Å². The van der Waals surface area contributed by atoms with Crippen molar-refractivity contribution in [2.24, 2.45) is 0 Å². The number of nitrogens with one attached hydrogen (secondary N) is 1. The van der Waals surface area contributed by atoms with Crippen molar-refractivity contribution in [3.05, 3.63) is 29.8 Å². The standard InChI is InChI=1S/C13H21N2O6P/c1-21-11-5-3-10(4-6-11)13(22(2,19)20)14-9-15(18)12(17)7-8-16/h3-6,13-14,16,18H,7-9H2,1-2H3,(H,19,20). The minimum absolute atomic E-state index is 0.228. The van der Waals surface area contributed by atoms with E-state index in [-0.39, 0.29) is 19.7 Å². The molecule has 0 aliphatic carbocycles. The van der Waals surface area contributed by atoms with E-state index in [1.807, 2.05) is 0 Å². The fourth-order valence-corrected chi connectivity index (χ4v) is 2.98. The molecule has 2 atom stereocenters. The summed E-state index contributed by atoms with van der Waals surface area (Å²) in [6.07, 6.45) is -0.228. The van der Waals surface area contributed by atoms with Crippen molar-refractivity contribution in [3.8, 4) is 5.75 Å². The Morgan fingerprint density at radius 1 is 1.41 bits per heavy atom. The lowest BCUT2D eigenvalue weighted by molar-refractivity contribution is -0.167. The third kappa shape index (κ3) is 5.40. The van der Waals surface area contributed by atoms with E-state index in [4.69, 9.17) is 9.84 Å². The molecule has 0 fully saturated rings. The first-order chi connectivity index (χ1) is 10.3. The highest BCUT2D eigenvalue weighted by Gasteiger charge is 2.28. The Bertz CT molecular complexity index is 530. The maximum absolute atomic E-state index is 12.0. The molecule has 22 heavy (non-hydrogen) atoms. The number of ether oxygens (including phenoxy) is 1. The van der Waals surface area contributed by atoms with Gasteiger partial charge in [-0.15, -0.1) is 0 Å². The van der Waals surface area contributed by atoms with E-state index in [1.165, 1.54) is 13.8 Å². The molecule has 4 N–H and O–H groups in total. The molecular weight excluding hydrogens is 311 g/mol. The number of aliphatic hydroxyl groups excluding tert-OH is 1. The van der Waals surface area contributed by atoms with Crippen molar-refractivity contribution < 1.29 is 29.3 Å². The summed E-state index contributed by atoms with van der Waals surface area (Å²) >= 11 is 0. The second-order valence-electron chi connectivity index (χ2n) is 4.75. The molecule has 0 saturated carbocycles. The molecule has 8 nitrogen and oxygen atoms in total. The normalized spacial score (nSPS) is 15.0. The van der Waals surface area contributed by atoms with Crippen molar-refractivity contribution in [1.29, 1.82) is 0 Å². The van der Waals surface area contributed by atoms with Crippen LogP contribution in [-0.4, -0.2) is 53.2 Å². The second-order valence-corrected chi connectivity index (χ2v) is 7.15. The zero-order valence-corrected chi connectivity index (χ0v) is 13.4. The van der Waals surface area contributed by atoms with E-state index in [2.05, 4.69) is 5.32 Å². The molecule has 0 radical (unpaired) electrons. The fraction of sp³-hybridized carbons (Fsp3) is 0.462. The second kappa shape index (κ2) is 8.26. The van der Waals surface area contributed by atoms with Crippen LogP contribution in [0.3, 0.4) is 0 Å². The average molecular weight is 332 g/mol. The van der Waals surface area contributed by atoms with Gasteiger partial charge in [-0.2, -0.15) is 0 Å². The Morgan fingerprint density at radius 2 is 2.00 bits per heavy atom. The van der Waals surface area contributed by atoms with Crippen molar-refractivity contribution in [2.75, 3.05) is 27.1 Å². The van der Waals surface area contributed by atoms with E-state index in [1.54, 1.807) is 24.3 Å². The summed E-state index contributed by atoms with van der Waals surface area (Å²) in [7, 11) is -2.06. The number of hydrogen-bond donors (Lipinski definition) is 4. The molecule has 2 unspecified atom stereocenters. The van der Waals surface area contributed by atoms with E-state index >= 15 is 0 Å². The van der Waals surface area contributed by atoms with Gasteiger partial charge in [0, 0.05) is 6.66 Å². The Labute approximate surface area is 128 Å². The lowest BCUT2D eigenvalue weighted by atomic mass is 10.2. The predicted molar refractivity (Wildman–Crippen MR) is 79.8 cm³/mol. The Hall–Kier alpha value is -1.44. The van der Waals surface area contributed by atoms with Gasteiger partial charge < -0.3 is 14.7 Å². The third-order valence-corrected chi connectivity index (χ3v) is 4.40. The van der Waals surface area contributed by atoms with E-state index in [0.29, 0.717) is 16.4 Å². The molecule has 0 saturated heterocycles. The lowest BCUT2D eigenvalue weighted by Gasteiger charge is -2.24. The van der Waals surface area contributed by atoms with Gasteiger partial charge in [0.25, 0.3) is 0 Å². The van der Waals surface area contributed by atoms with Gasteiger partial charge in [0.2, 0.25) is 13.3 Å². The maximum Gasteiger partial charge on any atom is 0.249 e. The molecule has 1 rings (SSSR count). The van der Waals surface area contributed by atoms with E-state index < -0.39 is 19.1 Å². The van der Waals surface area contributed by atoms with Gasteiger partial charge in [-0.05, 0) is 17.7 Å². The van der Waals surface area contributed by atoms with Crippen LogP contribution >= 0.6 is 7.37 Å². The molecule has 1 aromatic carbocycles. The van der Waals surface area contributed by atoms with Crippen LogP contribution in [0.25, 0.3) is 0 Å². The minimum atomic E-state index is -3.57. The van der Waals surface area contributed by atoms with E-state index in [0.717, 1.165) is 0 Å². The van der Waals surface area contributed by atoms with Crippen LogP contribution in [0.5, 0.6) is 5.75 Å². The summed E-state index contributed by atoms with van der Waals surface area (Å²) in [4.78, 5) is 21.2. The number of hydroxylamine groups is 2. The largest absolute Gasteiger partial charge is 0.497 e. The molecule has 1 amide bonds. The number of hydrogen-bond acceptors (Lipinski definition) is 6. The molecule has 9 heteroatoms. The summed E-state index contributed by atoms with van der Waals surface area (Å²) < 4.78 is 17.0. The summed E-state index contributed by atoms with van der Waals surface area (Å²) in [5.41, 5.74) is 0.525. The maximum atomic E-state index is 12.0. The average Bonchev–Trinajstić information content (AvgIpc) is 2.46. The third-order valence-electron chi connectivity index (χ3n) is 2.96. The van der Waals surface area contributed by atoms with Gasteiger partial charge in [0.1, 0.15) is 11.5 Å². The van der Waals surface area contributed by atoms with Crippen LogP contribution in [0.4, 0.5) is 0 Å². The molecule has 0 bridgehead atoms. The number of carbonyl (C=O) groups is 1. The van der Waals surface area contributed by atoms with Crippen molar-refractivity contribution in [3.63, 3.8) is 0 Å². The summed E-state index contributed by atoms with van der Waals surface area (Å²) in [6, 6.07) is 6.54. The summed E-state index contributed by atoms with van der Waals surface area (Å²) in [5.74, 6) is -1.03. The molecular formula is C13H21N2O6P. The number of aliphatic hydroxyl groups is 1. The first-order valence-corrected chi connectivity index (χ1v) is 8.74. The number of rotatable bonds is 8. The van der Waals surface area contributed by atoms with Crippen LogP contribution in [0, 0.1) is 0 Å². The van der Waals surface area contributed by atoms with E-state index in [9.17, 15) is 19.5 Å². The predicted octanol–water partition coefficient (Wildman–Crippen LogP) is 0.741. The molecule has 124 valence electrons. The number of nitrogens with zero attached hydrogens (tertiary/aromatic N) is 1. The quantitative estimate of drug-likeness (QED) is 0.240. The zero-order chi connectivity index (χ0) is 16.8. The number of benzene rings is 1. The molecule has 0 heterocycles. The van der Waals surface area contributed by atoms with Crippen LogP contribution in [0.2, 0.25) is 0 Å². The highest BCUT2D eigenvalue weighted by molar-refractivity contribution is 7.57. The molecule has 0 aliphatic heterocycles. The molecule has 0 aromatic heterocycles. The SMILES string of the molecule is COc1ccc(C(NCN(O)C(=O)CCO)P(C)(=O)O)cc1. The highest BCUT2D eigenvalue weighted by Crippen LogP contribution is 2.50. The lowest BCUT2D eigenvalue weighted by Crippen LogP contribution is -2.38. The highest BCUT2D eigenvalue weighted by atomic mass is 31.2. The van der Waals surface area contributed by atoms with Crippen LogP contribution in [-0.2, 0) is 9.36 Å². The van der Waals surface area contributed by atoms with Gasteiger partial charge in [-0.1, -0.05) is 12.1 Å². The first-order valence-electron chi connectivity index (χ1n) is 6.57. The van der Waals surface area contributed by atoms with Crippen LogP contribution in [0.15, 0.2) is 24.3 Å². The number of amides is 1. The summed E-state index contributed by atoms with van der Waals surface area (Å²) in [6.45, 7) is 0.462. The monoisotopic (exact) mass is 332 g/mol. The number of carbonyl (C=O) groups excluding carboxylic acids is 1. The van der Waals surface area contributed by atoms with Gasteiger partial charge >= 0.3 is 0 Å². The van der Waals surface area contributed by atoms with Gasteiger partial charge in [-0.25, -0.2) is 5.06 Å². The Kier molecular flexibility index (Phi) is 6.99. The van der Waals surface area contributed by atoms with Gasteiger partial charge in [0.15, 0.2) is 0 Å². The van der Waals surface area contributed by atoms with Crippen LogP contribution < -0.4 is 10.1 Å².